The van der Waals surface area contributed by atoms with Crippen LogP contribution in [0.1, 0.15) is 26.7 Å². The number of amides is 1. The number of nitrogens with zero attached hydrogens (tertiary/aromatic N) is 2. The molecule has 1 atom stereocenters. The van der Waals surface area contributed by atoms with Crippen LogP contribution in [0.4, 0.5) is 0 Å². The summed E-state index contributed by atoms with van der Waals surface area (Å²) in [6.45, 7) is 11.8. The first-order valence-electron chi connectivity index (χ1n) is 8.03. The summed E-state index contributed by atoms with van der Waals surface area (Å²) in [5.41, 5.74) is 0. The van der Waals surface area contributed by atoms with Crippen molar-refractivity contribution in [2.24, 2.45) is 5.92 Å². The Morgan fingerprint density at radius 1 is 1.25 bits per heavy atom. The smallest absolute Gasteiger partial charge is 0.250 e. The zero-order valence-electron chi connectivity index (χ0n) is 12.9. The van der Waals surface area contributed by atoms with Gasteiger partial charge in [0.15, 0.2) is 0 Å². The predicted molar refractivity (Wildman–Crippen MR) is 79.7 cm³/mol. The number of piperidine rings is 1. The van der Waals surface area contributed by atoms with Gasteiger partial charge in [-0.25, -0.2) is 0 Å². The van der Waals surface area contributed by atoms with Gasteiger partial charge in [-0.1, -0.05) is 13.8 Å². The fourth-order valence-electron chi connectivity index (χ4n) is 2.89. The van der Waals surface area contributed by atoms with Crippen molar-refractivity contribution < 1.29 is 9.53 Å². The standard InChI is InChI=1S/C15H29N3O2/c1-3-17-10-11-20-14(12-17)15(19)16-6-9-18-7-4-13(2)5-8-18/h13-14H,3-12H2,1-2H3,(H,16,19). The number of ether oxygens (including phenoxy) is 1. The summed E-state index contributed by atoms with van der Waals surface area (Å²) in [6.07, 6.45) is 2.28. The molecule has 0 radical (unpaired) electrons. The molecule has 1 N–H and O–H groups in total. The quantitative estimate of drug-likeness (QED) is 0.800. The molecule has 1 amide bonds. The predicted octanol–water partition coefficient (Wildman–Crippen LogP) is 0.555. The van der Waals surface area contributed by atoms with Crippen LogP contribution in [0.5, 0.6) is 0 Å². The summed E-state index contributed by atoms with van der Waals surface area (Å²) in [6, 6.07) is 0. The molecule has 0 aromatic heterocycles. The highest BCUT2D eigenvalue weighted by atomic mass is 16.5. The molecule has 0 aliphatic carbocycles. The minimum atomic E-state index is -0.287. The van der Waals surface area contributed by atoms with E-state index in [9.17, 15) is 4.79 Å². The van der Waals surface area contributed by atoms with E-state index in [2.05, 4.69) is 29.0 Å². The maximum atomic E-state index is 12.1. The number of carbonyl (C=O) groups is 1. The number of likely N-dealkylation sites (tertiary alicyclic amines) is 1. The summed E-state index contributed by atoms with van der Waals surface area (Å²) < 4.78 is 5.56. The first-order chi connectivity index (χ1) is 9.69. The molecule has 2 saturated heterocycles. The van der Waals surface area contributed by atoms with Gasteiger partial charge in [-0.05, 0) is 38.4 Å². The Morgan fingerprint density at radius 3 is 2.70 bits per heavy atom. The fourth-order valence-corrected chi connectivity index (χ4v) is 2.89. The van der Waals surface area contributed by atoms with E-state index in [0.717, 1.165) is 38.6 Å². The average molecular weight is 283 g/mol. The summed E-state index contributed by atoms with van der Waals surface area (Å²) in [5.74, 6) is 0.907. The lowest BCUT2D eigenvalue weighted by molar-refractivity contribution is -0.138. The SMILES string of the molecule is CCN1CCOC(C(=O)NCCN2CCC(C)CC2)C1. The van der Waals surface area contributed by atoms with Crippen LogP contribution in [0, 0.1) is 5.92 Å². The summed E-state index contributed by atoms with van der Waals surface area (Å²) >= 11 is 0. The molecule has 2 aliphatic heterocycles. The van der Waals surface area contributed by atoms with Gasteiger partial charge in [-0.3, -0.25) is 9.69 Å². The van der Waals surface area contributed by atoms with E-state index in [1.165, 1.54) is 25.9 Å². The molecule has 2 heterocycles. The van der Waals surface area contributed by atoms with Crippen molar-refractivity contribution >= 4 is 5.91 Å². The number of morpholine rings is 1. The van der Waals surface area contributed by atoms with Gasteiger partial charge in [-0.2, -0.15) is 0 Å². The first kappa shape index (κ1) is 15.7. The fraction of sp³-hybridized carbons (Fsp3) is 0.933. The van der Waals surface area contributed by atoms with E-state index in [1.807, 2.05) is 0 Å². The highest BCUT2D eigenvalue weighted by Crippen LogP contribution is 2.15. The minimum Gasteiger partial charge on any atom is -0.366 e. The maximum absolute atomic E-state index is 12.1. The lowest BCUT2D eigenvalue weighted by atomic mass is 9.99. The molecule has 20 heavy (non-hydrogen) atoms. The van der Waals surface area contributed by atoms with Crippen molar-refractivity contribution in [1.82, 2.24) is 15.1 Å². The van der Waals surface area contributed by atoms with Gasteiger partial charge in [0.25, 0.3) is 5.91 Å². The average Bonchev–Trinajstić information content (AvgIpc) is 2.49. The van der Waals surface area contributed by atoms with Crippen LogP contribution >= 0.6 is 0 Å². The van der Waals surface area contributed by atoms with E-state index in [4.69, 9.17) is 4.74 Å². The molecular weight excluding hydrogens is 254 g/mol. The Kier molecular flexibility index (Phi) is 6.26. The van der Waals surface area contributed by atoms with Crippen LogP contribution in [0.2, 0.25) is 0 Å². The van der Waals surface area contributed by atoms with Gasteiger partial charge >= 0.3 is 0 Å². The molecule has 0 aromatic carbocycles. The minimum absolute atomic E-state index is 0.0496. The number of hydrogen-bond acceptors (Lipinski definition) is 4. The van der Waals surface area contributed by atoms with E-state index < -0.39 is 0 Å². The lowest BCUT2D eigenvalue weighted by Gasteiger charge is -2.32. The van der Waals surface area contributed by atoms with Gasteiger partial charge in [0.2, 0.25) is 0 Å². The van der Waals surface area contributed by atoms with E-state index in [1.54, 1.807) is 0 Å². The lowest BCUT2D eigenvalue weighted by Crippen LogP contribution is -2.50. The van der Waals surface area contributed by atoms with Crippen LogP contribution in [-0.2, 0) is 9.53 Å². The largest absolute Gasteiger partial charge is 0.366 e. The molecule has 0 saturated carbocycles. The summed E-state index contributed by atoms with van der Waals surface area (Å²) in [5, 5.41) is 3.02. The Hall–Kier alpha value is -0.650. The van der Waals surface area contributed by atoms with Crippen molar-refractivity contribution in [2.45, 2.75) is 32.8 Å². The van der Waals surface area contributed by atoms with Gasteiger partial charge in [0.05, 0.1) is 6.61 Å². The topological polar surface area (TPSA) is 44.8 Å². The number of hydrogen-bond donors (Lipinski definition) is 1. The molecule has 0 spiro atoms. The van der Waals surface area contributed by atoms with Gasteiger partial charge in [0, 0.05) is 26.2 Å². The van der Waals surface area contributed by atoms with Crippen LogP contribution in [0.25, 0.3) is 0 Å². The molecular formula is C15H29N3O2. The third-order valence-corrected chi connectivity index (χ3v) is 4.49. The van der Waals surface area contributed by atoms with E-state index in [-0.39, 0.29) is 12.0 Å². The van der Waals surface area contributed by atoms with Crippen LogP contribution < -0.4 is 5.32 Å². The Morgan fingerprint density at radius 2 is 2.00 bits per heavy atom. The van der Waals surface area contributed by atoms with Crippen molar-refractivity contribution in [2.75, 3.05) is 52.4 Å². The number of likely N-dealkylation sites (N-methyl/N-ethyl adjacent to an activating group) is 1. The molecule has 5 nitrogen and oxygen atoms in total. The molecule has 5 heteroatoms. The molecule has 2 aliphatic rings. The second kappa shape index (κ2) is 7.96. The number of nitrogens with one attached hydrogen (secondary N) is 1. The van der Waals surface area contributed by atoms with Gasteiger partial charge < -0.3 is 15.0 Å². The van der Waals surface area contributed by atoms with Crippen LogP contribution in [0.3, 0.4) is 0 Å². The van der Waals surface area contributed by atoms with Crippen molar-refractivity contribution in [3.05, 3.63) is 0 Å². The zero-order chi connectivity index (χ0) is 14.4. The molecule has 116 valence electrons. The number of carbonyl (C=O) groups excluding carboxylic acids is 1. The van der Waals surface area contributed by atoms with Gasteiger partial charge in [-0.15, -0.1) is 0 Å². The summed E-state index contributed by atoms with van der Waals surface area (Å²) in [7, 11) is 0. The second-order valence-electron chi connectivity index (χ2n) is 6.07. The monoisotopic (exact) mass is 283 g/mol. The maximum Gasteiger partial charge on any atom is 0.250 e. The van der Waals surface area contributed by atoms with Gasteiger partial charge in [0.1, 0.15) is 6.10 Å². The second-order valence-corrected chi connectivity index (χ2v) is 6.07. The third kappa shape index (κ3) is 4.72. The summed E-state index contributed by atoms with van der Waals surface area (Å²) in [4.78, 5) is 16.8. The first-order valence-corrected chi connectivity index (χ1v) is 8.03. The molecule has 2 rings (SSSR count). The highest BCUT2D eigenvalue weighted by Gasteiger charge is 2.25. The third-order valence-electron chi connectivity index (χ3n) is 4.49. The van der Waals surface area contributed by atoms with E-state index in [0.29, 0.717) is 6.61 Å². The molecule has 0 aromatic rings. The molecule has 2 fully saturated rings. The van der Waals surface area contributed by atoms with Crippen LogP contribution in [0.15, 0.2) is 0 Å². The van der Waals surface area contributed by atoms with Crippen LogP contribution in [-0.4, -0.2) is 74.2 Å². The Balaban J connectivity index is 1.62. The van der Waals surface area contributed by atoms with Crippen molar-refractivity contribution in [3.63, 3.8) is 0 Å². The molecule has 1 unspecified atom stereocenters. The van der Waals surface area contributed by atoms with Crippen molar-refractivity contribution in [3.8, 4) is 0 Å². The Bertz CT molecular complexity index is 303. The number of rotatable bonds is 5. The normalized spacial score (nSPS) is 26.6. The van der Waals surface area contributed by atoms with E-state index >= 15 is 0 Å². The highest BCUT2D eigenvalue weighted by molar-refractivity contribution is 5.81. The Labute approximate surface area is 122 Å². The molecule has 0 bridgehead atoms. The zero-order valence-corrected chi connectivity index (χ0v) is 12.9. The van der Waals surface area contributed by atoms with Crippen molar-refractivity contribution in [1.29, 1.82) is 0 Å².